The number of fused-ring (bicyclic) bond motifs is 1. The van der Waals surface area contributed by atoms with Crippen LogP contribution in [-0.4, -0.2) is 93.7 Å². The molecule has 2 N–H and O–H groups in total. The van der Waals surface area contributed by atoms with E-state index in [1.165, 1.54) is 4.90 Å². The van der Waals surface area contributed by atoms with E-state index in [1.54, 1.807) is 24.0 Å². The molecule has 1 spiro atoms. The second-order valence-corrected chi connectivity index (χ2v) is 12.7. The summed E-state index contributed by atoms with van der Waals surface area (Å²) in [6.45, 7) is 18.9. The highest BCUT2D eigenvalue weighted by atomic mass is 16.6. The van der Waals surface area contributed by atoms with Gasteiger partial charge in [-0.25, -0.2) is 0 Å². The van der Waals surface area contributed by atoms with Crippen LogP contribution >= 0.6 is 0 Å². The molecule has 0 unspecified atom stereocenters. The van der Waals surface area contributed by atoms with E-state index in [9.17, 15) is 24.3 Å². The van der Waals surface area contributed by atoms with Crippen LogP contribution in [0.25, 0.3) is 0 Å². The molecule has 3 rings (SSSR count). The van der Waals surface area contributed by atoms with Crippen molar-refractivity contribution in [3.63, 3.8) is 0 Å². The molecule has 3 aliphatic heterocycles. The number of likely N-dealkylation sites (tertiary alicyclic amines) is 1. The van der Waals surface area contributed by atoms with Crippen LogP contribution in [0.5, 0.6) is 0 Å². The summed E-state index contributed by atoms with van der Waals surface area (Å²) in [5.74, 6) is -3.25. The Kier molecular flexibility index (Phi) is 10.5. The summed E-state index contributed by atoms with van der Waals surface area (Å²) >= 11 is 0. The summed E-state index contributed by atoms with van der Waals surface area (Å²) < 4.78 is 12.3. The number of aliphatic hydroxyl groups is 1. The van der Waals surface area contributed by atoms with E-state index in [4.69, 9.17) is 9.47 Å². The van der Waals surface area contributed by atoms with E-state index in [1.807, 2.05) is 34.6 Å². The molecule has 3 fully saturated rings. The lowest BCUT2D eigenvalue weighted by Crippen LogP contribution is -2.62. The van der Waals surface area contributed by atoms with Crippen molar-refractivity contribution in [3.8, 4) is 0 Å². The zero-order valence-electron chi connectivity index (χ0n) is 25.6. The summed E-state index contributed by atoms with van der Waals surface area (Å²) in [5.41, 5.74) is -1.77. The number of nitrogens with one attached hydrogen (secondary N) is 1. The Balaban J connectivity index is 1.95. The fraction of sp³-hybridized carbons (Fsp3) is 0.742. The molecule has 0 saturated carbocycles. The van der Waals surface area contributed by atoms with Crippen LogP contribution in [0.3, 0.4) is 0 Å². The number of hydrogen-bond donors (Lipinski definition) is 2. The molecule has 10 nitrogen and oxygen atoms in total. The van der Waals surface area contributed by atoms with Crippen molar-refractivity contribution in [2.45, 2.75) is 109 Å². The number of hydrogen-bond acceptors (Lipinski definition) is 7. The maximum Gasteiger partial charge on any atom is 0.312 e. The van der Waals surface area contributed by atoms with Crippen molar-refractivity contribution in [3.05, 3.63) is 25.3 Å². The van der Waals surface area contributed by atoms with Crippen molar-refractivity contribution < 1.29 is 33.8 Å². The molecule has 8 atom stereocenters. The second-order valence-electron chi connectivity index (χ2n) is 12.7. The first-order valence-electron chi connectivity index (χ1n) is 14.9. The Morgan fingerprint density at radius 3 is 2.51 bits per heavy atom. The number of rotatable bonds is 14. The number of carbonyl (C=O) groups is 4. The minimum Gasteiger partial charge on any atom is -0.460 e. The smallest absolute Gasteiger partial charge is 0.312 e. The van der Waals surface area contributed by atoms with E-state index in [0.717, 1.165) is 0 Å². The zero-order chi connectivity index (χ0) is 30.7. The molecule has 3 heterocycles. The molecule has 0 radical (unpaired) electrons. The average molecular weight is 576 g/mol. The monoisotopic (exact) mass is 575 g/mol. The summed E-state index contributed by atoms with van der Waals surface area (Å²) in [4.78, 5) is 57.6. The van der Waals surface area contributed by atoms with Crippen LogP contribution in [0, 0.1) is 17.8 Å². The molecule has 0 aromatic heterocycles. The zero-order valence-corrected chi connectivity index (χ0v) is 25.6. The van der Waals surface area contributed by atoms with Gasteiger partial charge in [0.05, 0.1) is 37.1 Å². The third-order valence-electron chi connectivity index (χ3n) is 8.96. The highest BCUT2D eigenvalue weighted by Crippen LogP contribution is 2.59. The molecular formula is C31H49N3O7. The van der Waals surface area contributed by atoms with Crippen LogP contribution in [0.4, 0.5) is 0 Å². The van der Waals surface area contributed by atoms with Gasteiger partial charge in [-0.3, -0.25) is 19.2 Å². The second kappa shape index (κ2) is 13.1. The Labute approximate surface area is 244 Å². The molecule has 41 heavy (non-hydrogen) atoms. The van der Waals surface area contributed by atoms with Crippen LogP contribution in [-0.2, 0) is 28.7 Å². The summed E-state index contributed by atoms with van der Waals surface area (Å²) in [5, 5.41) is 13.2. The van der Waals surface area contributed by atoms with Crippen molar-refractivity contribution in [1.29, 1.82) is 0 Å². The number of nitrogens with zero attached hydrogens (tertiary/aromatic N) is 2. The molecule has 230 valence electrons. The molecule has 3 saturated heterocycles. The molecule has 10 heteroatoms. The normalized spacial score (nSPS) is 29.0. The fourth-order valence-corrected chi connectivity index (χ4v) is 6.68. The molecule has 0 aliphatic carbocycles. The molecule has 2 bridgehead atoms. The van der Waals surface area contributed by atoms with Crippen LogP contribution in [0.1, 0.15) is 73.6 Å². The third kappa shape index (κ3) is 6.23. The number of esters is 1. The van der Waals surface area contributed by atoms with Crippen LogP contribution in [0.15, 0.2) is 25.3 Å². The topological polar surface area (TPSA) is 125 Å². The van der Waals surface area contributed by atoms with Gasteiger partial charge in [0.2, 0.25) is 17.7 Å². The van der Waals surface area contributed by atoms with Gasteiger partial charge in [0.15, 0.2) is 0 Å². The van der Waals surface area contributed by atoms with Gasteiger partial charge >= 0.3 is 5.97 Å². The van der Waals surface area contributed by atoms with Gasteiger partial charge in [0.25, 0.3) is 0 Å². The van der Waals surface area contributed by atoms with Gasteiger partial charge in [-0.05, 0) is 52.9 Å². The van der Waals surface area contributed by atoms with Crippen molar-refractivity contribution in [2.75, 3.05) is 19.7 Å². The maximum atomic E-state index is 14.4. The molecule has 3 aliphatic rings. The van der Waals surface area contributed by atoms with E-state index in [2.05, 4.69) is 18.5 Å². The minimum atomic E-state index is -1.20. The maximum absolute atomic E-state index is 14.4. The summed E-state index contributed by atoms with van der Waals surface area (Å²) in [7, 11) is 0. The lowest BCUT2D eigenvalue weighted by molar-refractivity contribution is -0.161. The number of carbonyl (C=O) groups excluding carboxylic acids is 4. The van der Waals surface area contributed by atoms with Gasteiger partial charge in [-0.15, -0.1) is 13.2 Å². The Morgan fingerprint density at radius 2 is 1.95 bits per heavy atom. The van der Waals surface area contributed by atoms with E-state index in [0.29, 0.717) is 32.1 Å². The summed E-state index contributed by atoms with van der Waals surface area (Å²) in [6, 6.07) is -1.61. The summed E-state index contributed by atoms with van der Waals surface area (Å²) in [6.07, 6.45) is 4.64. The third-order valence-corrected chi connectivity index (χ3v) is 8.96. The Morgan fingerprint density at radius 1 is 1.27 bits per heavy atom. The molecule has 0 aromatic rings. The largest absolute Gasteiger partial charge is 0.460 e. The Bertz CT molecular complexity index is 1020. The number of ether oxygens (including phenoxy) is 2. The van der Waals surface area contributed by atoms with Crippen molar-refractivity contribution in [2.24, 2.45) is 17.8 Å². The predicted octanol–water partition coefficient (Wildman–Crippen LogP) is 2.60. The highest BCUT2D eigenvalue weighted by Gasteiger charge is 2.76. The highest BCUT2D eigenvalue weighted by molar-refractivity contribution is 5.98. The average Bonchev–Trinajstić information content (AvgIpc) is 3.56. The molecule has 0 aromatic carbocycles. The van der Waals surface area contributed by atoms with Gasteiger partial charge in [-0.1, -0.05) is 32.4 Å². The van der Waals surface area contributed by atoms with Gasteiger partial charge in [0, 0.05) is 18.5 Å². The first kappa shape index (κ1) is 32.8. The lowest BCUT2D eigenvalue weighted by atomic mass is 9.70. The SMILES string of the molecule is C=CCCC(=O)NC[C@@H](C)OC(=O)[C@@H]1[C@@H]2CC[C@]3(O2)[C@H](C(=O)N(CC=C)C(C)(C)C)N([C@@H](CO)[C@@H](C)CC)C(=O)[C@@H]13. The molecular weight excluding hydrogens is 526 g/mol. The standard InChI is InChI=1S/C31H49N3O7/c1-9-12-13-23(36)32-17-20(5)40-29(39)24-22-14-15-31(41-22)25(24)27(37)34(21(18-35)19(4)11-3)26(31)28(38)33(16-10-2)30(6,7)8/h9-10,19-22,24-26,35H,1-2,11-18H2,3-8H3,(H,32,36)/t19-,20+,21-,22-,24+,25+,26-,31+/m0/s1. The lowest BCUT2D eigenvalue weighted by Gasteiger charge is -2.44. The van der Waals surface area contributed by atoms with E-state index < -0.39 is 53.2 Å². The Hall–Kier alpha value is -2.72. The number of aliphatic hydroxyl groups excluding tert-OH is 1. The number of allylic oxidation sites excluding steroid dienone is 1. The van der Waals surface area contributed by atoms with E-state index >= 15 is 0 Å². The van der Waals surface area contributed by atoms with Crippen LogP contribution in [0.2, 0.25) is 0 Å². The van der Waals surface area contributed by atoms with Crippen molar-refractivity contribution in [1.82, 2.24) is 15.1 Å². The number of amides is 3. The fourth-order valence-electron chi connectivity index (χ4n) is 6.68. The molecule has 3 amide bonds. The van der Waals surface area contributed by atoms with Gasteiger partial charge in [-0.2, -0.15) is 0 Å². The van der Waals surface area contributed by atoms with Gasteiger partial charge < -0.3 is 29.7 Å². The first-order chi connectivity index (χ1) is 19.3. The van der Waals surface area contributed by atoms with Gasteiger partial charge in [0.1, 0.15) is 17.7 Å². The predicted molar refractivity (Wildman–Crippen MR) is 154 cm³/mol. The minimum absolute atomic E-state index is 0.0932. The first-order valence-corrected chi connectivity index (χ1v) is 14.9. The van der Waals surface area contributed by atoms with Crippen LogP contribution < -0.4 is 5.32 Å². The van der Waals surface area contributed by atoms with Crippen molar-refractivity contribution >= 4 is 23.7 Å². The quantitative estimate of drug-likeness (QED) is 0.241. The van der Waals surface area contributed by atoms with E-state index in [-0.39, 0.29) is 43.3 Å².